The van der Waals surface area contributed by atoms with E-state index in [9.17, 15) is 4.79 Å². The molecule has 94 valence electrons. The second-order valence-corrected chi connectivity index (χ2v) is 5.28. The third kappa shape index (κ3) is 4.10. The first-order chi connectivity index (χ1) is 7.42. The van der Waals surface area contributed by atoms with E-state index in [1.165, 1.54) is 12.8 Å². The maximum Gasteiger partial charge on any atom is 0.237 e. The normalized spacial score (nSPS) is 29.7. The van der Waals surface area contributed by atoms with Crippen LogP contribution in [-0.4, -0.2) is 24.2 Å². The largest absolute Gasteiger partial charge is 0.378 e. The molecule has 1 atom stereocenters. The highest BCUT2D eigenvalue weighted by atomic mass is 16.5. The molecule has 4 heteroatoms. The Morgan fingerprint density at radius 1 is 1.38 bits per heavy atom. The van der Waals surface area contributed by atoms with Crippen molar-refractivity contribution >= 4 is 5.91 Å². The van der Waals surface area contributed by atoms with Crippen LogP contribution in [0, 0.1) is 5.92 Å². The maximum atomic E-state index is 11.0. The molecule has 1 unspecified atom stereocenters. The molecular formula is C12H24N2O2. The molecule has 1 rings (SSSR count). The zero-order valence-corrected chi connectivity index (χ0v) is 10.4. The molecule has 0 radical (unpaired) electrons. The van der Waals surface area contributed by atoms with Crippen molar-refractivity contribution in [1.82, 2.24) is 0 Å². The highest BCUT2D eigenvalue weighted by Gasteiger charge is 2.26. The smallest absolute Gasteiger partial charge is 0.237 e. The van der Waals surface area contributed by atoms with Crippen molar-refractivity contribution in [3.05, 3.63) is 0 Å². The number of hydrogen-bond donors (Lipinski definition) is 2. The fourth-order valence-corrected chi connectivity index (χ4v) is 1.96. The summed E-state index contributed by atoms with van der Waals surface area (Å²) in [6.45, 7) is 4.46. The number of nitrogens with two attached hydrogens (primary N) is 2. The molecule has 1 amide bonds. The number of rotatable bonds is 5. The summed E-state index contributed by atoms with van der Waals surface area (Å²) >= 11 is 0. The van der Waals surface area contributed by atoms with Gasteiger partial charge in [-0.05, 0) is 44.9 Å². The molecule has 16 heavy (non-hydrogen) atoms. The predicted octanol–water partition coefficient (Wildman–Crippen LogP) is 1.17. The van der Waals surface area contributed by atoms with Gasteiger partial charge in [-0.15, -0.1) is 0 Å². The summed E-state index contributed by atoms with van der Waals surface area (Å²) in [5, 5.41) is 0. The lowest BCUT2D eigenvalue weighted by Gasteiger charge is -2.27. The number of amides is 1. The number of carbonyl (C=O) groups is 1. The monoisotopic (exact) mass is 228 g/mol. The van der Waals surface area contributed by atoms with Crippen molar-refractivity contribution in [3.63, 3.8) is 0 Å². The van der Waals surface area contributed by atoms with Crippen LogP contribution in [0.25, 0.3) is 0 Å². The number of ether oxygens (including phenoxy) is 1. The van der Waals surface area contributed by atoms with Gasteiger partial charge in [-0.2, -0.15) is 0 Å². The summed E-state index contributed by atoms with van der Waals surface area (Å²) in [7, 11) is 0. The Balaban J connectivity index is 2.18. The molecule has 1 fully saturated rings. The molecule has 1 saturated carbocycles. The lowest BCUT2D eigenvalue weighted by atomic mass is 9.89. The van der Waals surface area contributed by atoms with Crippen LogP contribution in [0.15, 0.2) is 0 Å². The first-order valence-corrected chi connectivity index (χ1v) is 6.12. The van der Waals surface area contributed by atoms with Gasteiger partial charge in [0.25, 0.3) is 0 Å². The zero-order valence-electron chi connectivity index (χ0n) is 10.4. The average molecular weight is 228 g/mol. The van der Waals surface area contributed by atoms with E-state index in [4.69, 9.17) is 16.2 Å². The van der Waals surface area contributed by atoms with Crippen molar-refractivity contribution in [3.8, 4) is 0 Å². The molecular weight excluding hydrogens is 204 g/mol. The Morgan fingerprint density at radius 3 is 2.44 bits per heavy atom. The van der Waals surface area contributed by atoms with E-state index in [-0.39, 0.29) is 0 Å². The molecule has 1 aliphatic carbocycles. The van der Waals surface area contributed by atoms with Crippen LogP contribution in [0.1, 0.15) is 46.0 Å². The minimum atomic E-state index is -0.943. The summed E-state index contributed by atoms with van der Waals surface area (Å²) in [6, 6.07) is 0. The molecule has 0 bridgehead atoms. The van der Waals surface area contributed by atoms with E-state index in [2.05, 4.69) is 6.92 Å². The minimum Gasteiger partial charge on any atom is -0.378 e. The van der Waals surface area contributed by atoms with E-state index >= 15 is 0 Å². The fraction of sp³-hybridized carbons (Fsp3) is 0.917. The highest BCUT2D eigenvalue weighted by molar-refractivity contribution is 5.83. The molecule has 0 heterocycles. The first-order valence-electron chi connectivity index (χ1n) is 6.12. The van der Waals surface area contributed by atoms with Crippen molar-refractivity contribution < 1.29 is 9.53 Å². The first kappa shape index (κ1) is 13.5. The van der Waals surface area contributed by atoms with Crippen LogP contribution in [0.4, 0.5) is 0 Å². The molecule has 0 aliphatic heterocycles. The number of hydrogen-bond acceptors (Lipinski definition) is 3. The lowest BCUT2D eigenvalue weighted by molar-refractivity contribution is -0.123. The summed E-state index contributed by atoms with van der Waals surface area (Å²) < 4.78 is 5.73. The summed E-state index contributed by atoms with van der Waals surface area (Å²) in [5.41, 5.74) is 9.99. The van der Waals surface area contributed by atoms with Crippen molar-refractivity contribution in [2.24, 2.45) is 17.4 Å². The third-order valence-corrected chi connectivity index (χ3v) is 3.50. The van der Waals surface area contributed by atoms with Gasteiger partial charge in [-0.25, -0.2) is 0 Å². The van der Waals surface area contributed by atoms with Gasteiger partial charge in [0.15, 0.2) is 0 Å². The molecule has 0 saturated heterocycles. The van der Waals surface area contributed by atoms with Gasteiger partial charge in [-0.3, -0.25) is 4.79 Å². The molecule has 0 spiro atoms. The van der Waals surface area contributed by atoms with Crippen LogP contribution in [0.5, 0.6) is 0 Å². The van der Waals surface area contributed by atoms with Gasteiger partial charge < -0.3 is 16.2 Å². The second kappa shape index (κ2) is 5.64. The van der Waals surface area contributed by atoms with E-state index in [0.29, 0.717) is 19.1 Å². The standard InChI is InChI=1S/C12H24N2O2/c1-9-3-5-10(6-4-9)16-8-7-12(2,14)11(13)15/h9-10H,3-8,14H2,1-2H3,(H2,13,15). The molecule has 0 aromatic rings. The van der Waals surface area contributed by atoms with E-state index in [1.54, 1.807) is 6.92 Å². The summed E-state index contributed by atoms with van der Waals surface area (Å²) in [4.78, 5) is 11.0. The van der Waals surface area contributed by atoms with E-state index in [0.717, 1.165) is 18.8 Å². The number of carbonyl (C=O) groups excluding carboxylic acids is 1. The zero-order chi connectivity index (χ0) is 12.2. The predicted molar refractivity (Wildman–Crippen MR) is 63.8 cm³/mol. The molecule has 0 aromatic heterocycles. The van der Waals surface area contributed by atoms with E-state index < -0.39 is 11.4 Å². The van der Waals surface area contributed by atoms with Gasteiger partial charge >= 0.3 is 0 Å². The van der Waals surface area contributed by atoms with Gasteiger partial charge in [0, 0.05) is 6.61 Å². The van der Waals surface area contributed by atoms with Gasteiger partial charge in [-0.1, -0.05) is 6.92 Å². The Kier molecular flexibility index (Phi) is 4.74. The minimum absolute atomic E-state index is 0.347. The maximum absolute atomic E-state index is 11.0. The quantitative estimate of drug-likeness (QED) is 0.741. The van der Waals surface area contributed by atoms with Crippen LogP contribution < -0.4 is 11.5 Å². The molecule has 1 aliphatic rings. The van der Waals surface area contributed by atoms with Crippen LogP contribution in [0.3, 0.4) is 0 Å². The molecule has 0 aromatic carbocycles. The molecule has 4 nitrogen and oxygen atoms in total. The van der Waals surface area contributed by atoms with Gasteiger partial charge in [0.05, 0.1) is 11.6 Å². The topological polar surface area (TPSA) is 78.3 Å². The van der Waals surface area contributed by atoms with Gasteiger partial charge in [0.2, 0.25) is 5.91 Å². The Hall–Kier alpha value is -0.610. The van der Waals surface area contributed by atoms with Crippen molar-refractivity contribution in [1.29, 1.82) is 0 Å². The summed E-state index contributed by atoms with van der Waals surface area (Å²) in [6.07, 6.45) is 5.56. The van der Waals surface area contributed by atoms with Crippen molar-refractivity contribution in [2.45, 2.75) is 57.6 Å². The van der Waals surface area contributed by atoms with Gasteiger partial charge in [0.1, 0.15) is 0 Å². The Morgan fingerprint density at radius 2 is 1.94 bits per heavy atom. The van der Waals surface area contributed by atoms with E-state index in [1.807, 2.05) is 0 Å². The van der Waals surface area contributed by atoms with Crippen LogP contribution >= 0.6 is 0 Å². The van der Waals surface area contributed by atoms with Crippen molar-refractivity contribution in [2.75, 3.05) is 6.61 Å². The third-order valence-electron chi connectivity index (χ3n) is 3.50. The summed E-state index contributed by atoms with van der Waals surface area (Å²) in [5.74, 6) is 0.360. The highest BCUT2D eigenvalue weighted by Crippen LogP contribution is 2.25. The van der Waals surface area contributed by atoms with Crippen LogP contribution in [0.2, 0.25) is 0 Å². The Bertz CT molecular complexity index is 233. The Labute approximate surface area is 97.7 Å². The average Bonchev–Trinajstić information content (AvgIpc) is 2.20. The molecule has 4 N–H and O–H groups in total. The second-order valence-electron chi connectivity index (χ2n) is 5.28. The van der Waals surface area contributed by atoms with Crippen LogP contribution in [-0.2, 0) is 9.53 Å². The SMILES string of the molecule is CC1CCC(OCCC(C)(N)C(N)=O)CC1. The fourth-order valence-electron chi connectivity index (χ4n) is 1.96. The lowest BCUT2D eigenvalue weighted by Crippen LogP contribution is -2.50. The number of primary amides is 1.